The highest BCUT2D eigenvalue weighted by Gasteiger charge is 2.51. The lowest BCUT2D eigenvalue weighted by atomic mass is 9.78. The van der Waals surface area contributed by atoms with Crippen molar-refractivity contribution in [2.45, 2.75) is 64.3 Å². The van der Waals surface area contributed by atoms with Gasteiger partial charge in [0.05, 0.1) is 28.1 Å². The van der Waals surface area contributed by atoms with E-state index in [0.29, 0.717) is 25.1 Å². The largest absolute Gasteiger partial charge is 0.494 e. The SMILES string of the molecule is CC1(C)OB(c2ccc(CCCc3nn(-c4ccc(C(F)(F)F)cc4)c(=O)n3-c3ccccc3F)cc2)OC1(C)C. The molecule has 0 aliphatic carbocycles. The Morgan fingerprint density at radius 2 is 1.46 bits per heavy atom. The summed E-state index contributed by atoms with van der Waals surface area (Å²) in [5.41, 5.74) is -0.245. The summed E-state index contributed by atoms with van der Waals surface area (Å²) in [6.07, 6.45) is -2.93. The minimum Gasteiger partial charge on any atom is -0.399 e. The third kappa shape index (κ3) is 5.74. The van der Waals surface area contributed by atoms with E-state index in [0.717, 1.165) is 27.8 Å². The van der Waals surface area contributed by atoms with Crippen LogP contribution in [-0.2, 0) is 28.3 Å². The molecule has 0 saturated carbocycles. The first-order valence-electron chi connectivity index (χ1n) is 13.3. The maximum absolute atomic E-state index is 14.7. The van der Waals surface area contributed by atoms with Crippen LogP contribution in [0.5, 0.6) is 0 Å². The quantitative estimate of drug-likeness (QED) is 0.214. The van der Waals surface area contributed by atoms with E-state index < -0.39 is 41.6 Å². The van der Waals surface area contributed by atoms with E-state index in [2.05, 4.69) is 5.10 Å². The molecule has 6 nitrogen and oxygen atoms in total. The lowest BCUT2D eigenvalue weighted by Gasteiger charge is -2.32. The Kier molecular flexibility index (Phi) is 7.46. The number of alkyl halides is 3. The van der Waals surface area contributed by atoms with Gasteiger partial charge in [0, 0.05) is 6.42 Å². The van der Waals surface area contributed by atoms with Crippen LogP contribution in [0.3, 0.4) is 0 Å². The predicted octanol–water partition coefficient (Wildman–Crippen LogP) is 5.66. The standard InChI is InChI=1S/C30H30BF4N3O3/c1-28(2)29(3,4)41-31(40-28)22-16-12-20(13-17-22)8-7-11-26-36-38(23-18-14-21(15-19-23)30(33,34)35)27(39)37(26)25-10-6-5-9-24(25)32/h5-6,9-10,12-19H,7-8,11H2,1-4H3. The van der Waals surface area contributed by atoms with Crippen LogP contribution >= 0.6 is 0 Å². The van der Waals surface area contributed by atoms with E-state index in [1.54, 1.807) is 6.07 Å². The first-order chi connectivity index (χ1) is 19.3. The molecule has 1 fully saturated rings. The van der Waals surface area contributed by atoms with Crippen molar-refractivity contribution < 1.29 is 26.9 Å². The summed E-state index contributed by atoms with van der Waals surface area (Å²) in [6, 6.07) is 17.9. The summed E-state index contributed by atoms with van der Waals surface area (Å²) >= 11 is 0. The van der Waals surface area contributed by atoms with Crippen LogP contribution in [0.25, 0.3) is 11.4 Å². The Bertz CT molecular complexity index is 1580. The van der Waals surface area contributed by atoms with Gasteiger partial charge >= 0.3 is 19.0 Å². The third-order valence-corrected chi connectivity index (χ3v) is 7.75. The van der Waals surface area contributed by atoms with Gasteiger partial charge in [0.15, 0.2) is 0 Å². The van der Waals surface area contributed by atoms with Gasteiger partial charge in [-0.3, -0.25) is 0 Å². The van der Waals surface area contributed by atoms with Crippen LogP contribution in [0, 0.1) is 5.82 Å². The van der Waals surface area contributed by atoms with Gasteiger partial charge in [-0.2, -0.15) is 17.9 Å². The summed E-state index contributed by atoms with van der Waals surface area (Å²) in [5.74, 6) is -0.310. The average Bonchev–Trinajstić information content (AvgIpc) is 3.35. The van der Waals surface area contributed by atoms with E-state index in [4.69, 9.17) is 9.31 Å². The minimum atomic E-state index is -4.51. The van der Waals surface area contributed by atoms with Crippen molar-refractivity contribution in [1.82, 2.24) is 14.3 Å². The molecule has 41 heavy (non-hydrogen) atoms. The van der Waals surface area contributed by atoms with E-state index in [1.807, 2.05) is 52.0 Å². The summed E-state index contributed by atoms with van der Waals surface area (Å²) in [4.78, 5) is 13.4. The second-order valence-electron chi connectivity index (χ2n) is 11.1. The van der Waals surface area contributed by atoms with Crippen molar-refractivity contribution in [1.29, 1.82) is 0 Å². The topological polar surface area (TPSA) is 58.3 Å². The second-order valence-corrected chi connectivity index (χ2v) is 11.1. The highest BCUT2D eigenvalue weighted by molar-refractivity contribution is 6.62. The Morgan fingerprint density at radius 1 is 0.854 bits per heavy atom. The number of benzene rings is 3. The molecule has 0 amide bonds. The Hall–Kier alpha value is -3.70. The van der Waals surface area contributed by atoms with Crippen LogP contribution in [-0.4, -0.2) is 32.7 Å². The number of aryl methyl sites for hydroxylation is 2. The van der Waals surface area contributed by atoms with Crippen LogP contribution in [0.15, 0.2) is 77.6 Å². The predicted molar refractivity (Wildman–Crippen MR) is 148 cm³/mol. The lowest BCUT2D eigenvalue weighted by molar-refractivity contribution is -0.137. The first-order valence-corrected chi connectivity index (χ1v) is 13.3. The zero-order valence-electron chi connectivity index (χ0n) is 23.2. The summed E-state index contributed by atoms with van der Waals surface area (Å²) < 4.78 is 68.2. The van der Waals surface area contributed by atoms with Gasteiger partial charge in [-0.25, -0.2) is 13.8 Å². The van der Waals surface area contributed by atoms with E-state index in [1.165, 1.54) is 34.9 Å². The van der Waals surface area contributed by atoms with Crippen LogP contribution in [0.1, 0.15) is 51.1 Å². The van der Waals surface area contributed by atoms with Crippen LogP contribution < -0.4 is 11.2 Å². The van der Waals surface area contributed by atoms with Crippen molar-refractivity contribution in [3.63, 3.8) is 0 Å². The molecule has 1 aromatic heterocycles. The monoisotopic (exact) mass is 567 g/mol. The molecule has 1 saturated heterocycles. The average molecular weight is 567 g/mol. The molecule has 4 aromatic rings. The van der Waals surface area contributed by atoms with E-state index >= 15 is 0 Å². The number of rotatable bonds is 7. The summed E-state index contributed by atoms with van der Waals surface area (Å²) in [6.45, 7) is 8.00. The molecule has 3 aromatic carbocycles. The fourth-order valence-electron chi connectivity index (χ4n) is 4.68. The zero-order chi connectivity index (χ0) is 29.6. The van der Waals surface area contributed by atoms with Crippen molar-refractivity contribution in [3.8, 4) is 11.4 Å². The molecule has 0 bridgehead atoms. The van der Waals surface area contributed by atoms with Gasteiger partial charge in [-0.1, -0.05) is 36.4 Å². The second kappa shape index (κ2) is 10.6. The van der Waals surface area contributed by atoms with E-state index in [-0.39, 0.29) is 11.4 Å². The number of hydrogen-bond acceptors (Lipinski definition) is 4. The molecule has 0 atom stereocenters. The smallest absolute Gasteiger partial charge is 0.399 e. The molecule has 2 heterocycles. The maximum atomic E-state index is 14.7. The van der Waals surface area contributed by atoms with Crippen molar-refractivity contribution in [2.75, 3.05) is 0 Å². The molecular formula is C30H30BF4N3O3. The highest BCUT2D eigenvalue weighted by Crippen LogP contribution is 2.36. The molecule has 1 aliphatic rings. The molecule has 0 N–H and O–H groups in total. The number of para-hydroxylation sites is 1. The van der Waals surface area contributed by atoms with Crippen molar-refractivity contribution in [3.05, 3.63) is 106 Å². The summed E-state index contributed by atoms with van der Waals surface area (Å²) in [5, 5.41) is 4.40. The molecule has 214 valence electrons. The van der Waals surface area contributed by atoms with Crippen LogP contribution in [0.2, 0.25) is 0 Å². The van der Waals surface area contributed by atoms with Gasteiger partial charge in [-0.15, -0.1) is 5.10 Å². The Labute approximate surface area is 235 Å². The van der Waals surface area contributed by atoms with Gasteiger partial charge in [-0.05, 0) is 88.0 Å². The molecule has 1 aliphatic heterocycles. The zero-order valence-corrected chi connectivity index (χ0v) is 23.2. The number of hydrogen-bond donors (Lipinski definition) is 0. The number of halogens is 4. The van der Waals surface area contributed by atoms with Crippen molar-refractivity contribution in [2.24, 2.45) is 0 Å². The maximum Gasteiger partial charge on any atom is 0.494 e. The normalized spacial score (nSPS) is 16.3. The lowest BCUT2D eigenvalue weighted by Crippen LogP contribution is -2.41. The Balaban J connectivity index is 1.36. The summed E-state index contributed by atoms with van der Waals surface area (Å²) in [7, 11) is -0.460. The Morgan fingerprint density at radius 3 is 2.05 bits per heavy atom. The molecule has 0 spiro atoms. The van der Waals surface area contributed by atoms with Gasteiger partial charge in [0.2, 0.25) is 0 Å². The molecule has 0 unspecified atom stereocenters. The number of nitrogens with zero attached hydrogens (tertiary/aromatic N) is 3. The van der Waals surface area contributed by atoms with Gasteiger partial charge < -0.3 is 9.31 Å². The number of aromatic nitrogens is 3. The third-order valence-electron chi connectivity index (χ3n) is 7.75. The fourth-order valence-corrected chi connectivity index (χ4v) is 4.68. The van der Waals surface area contributed by atoms with Gasteiger partial charge in [0.1, 0.15) is 11.6 Å². The molecule has 5 rings (SSSR count). The van der Waals surface area contributed by atoms with Crippen molar-refractivity contribution >= 4 is 12.6 Å². The van der Waals surface area contributed by atoms with Crippen LogP contribution in [0.4, 0.5) is 17.6 Å². The van der Waals surface area contributed by atoms with E-state index in [9.17, 15) is 22.4 Å². The first kappa shape index (κ1) is 28.8. The fraction of sp³-hybridized carbons (Fsp3) is 0.333. The highest BCUT2D eigenvalue weighted by atomic mass is 19.4. The molecular weight excluding hydrogens is 537 g/mol. The molecule has 11 heteroatoms. The van der Waals surface area contributed by atoms with Gasteiger partial charge in [0.25, 0.3) is 0 Å². The minimum absolute atomic E-state index is 0.0254. The molecule has 0 radical (unpaired) electrons.